The minimum Gasteiger partial charge on any atom is -0.480 e. The van der Waals surface area contributed by atoms with E-state index < -0.39 is 11.5 Å². The molecule has 1 aliphatic carbocycles. The van der Waals surface area contributed by atoms with Gasteiger partial charge in [0.2, 0.25) is 0 Å². The van der Waals surface area contributed by atoms with Gasteiger partial charge in [-0.1, -0.05) is 74.8 Å². The van der Waals surface area contributed by atoms with Crippen molar-refractivity contribution >= 4 is 45.7 Å². The summed E-state index contributed by atoms with van der Waals surface area (Å²) in [6.45, 7) is 8.53. The Bertz CT molecular complexity index is 1430. The number of hydrogen-bond donors (Lipinski definition) is 2. The molecule has 1 saturated carbocycles. The second-order valence-corrected chi connectivity index (χ2v) is 12.5. The van der Waals surface area contributed by atoms with Gasteiger partial charge in [-0.2, -0.15) is 0 Å². The predicted octanol–water partition coefficient (Wildman–Crippen LogP) is 6.15. The van der Waals surface area contributed by atoms with Crippen LogP contribution < -0.4 is 10.6 Å². The number of hydrogen-bond acceptors (Lipinski definition) is 5. The monoisotopic (exact) mass is 564 g/mol. The summed E-state index contributed by atoms with van der Waals surface area (Å²) in [4.78, 5) is 36.4. The average molecular weight is 565 g/mol. The molecule has 3 atom stereocenters. The van der Waals surface area contributed by atoms with E-state index in [1.54, 1.807) is 0 Å². The SMILES string of the molecule is CC(=O)[C@@H]1CC[C@@](N)(C(=O)O)C1.CC(C)(C)CN1C(=O)COC(c2cccc3ccccc23)c2cc(Cl)ccc21. The third-order valence-electron chi connectivity index (χ3n) is 7.53. The summed E-state index contributed by atoms with van der Waals surface area (Å²) in [7, 11) is 0. The molecule has 2 aliphatic rings. The van der Waals surface area contributed by atoms with Gasteiger partial charge in [0.15, 0.2) is 0 Å². The van der Waals surface area contributed by atoms with Crippen molar-refractivity contribution in [3.8, 4) is 0 Å². The summed E-state index contributed by atoms with van der Waals surface area (Å²) < 4.78 is 6.19. The van der Waals surface area contributed by atoms with Crippen LogP contribution in [0.25, 0.3) is 10.8 Å². The van der Waals surface area contributed by atoms with Crippen molar-refractivity contribution in [3.63, 3.8) is 0 Å². The summed E-state index contributed by atoms with van der Waals surface area (Å²) >= 11 is 6.36. The predicted molar refractivity (Wildman–Crippen MR) is 158 cm³/mol. The van der Waals surface area contributed by atoms with Crippen molar-refractivity contribution in [2.24, 2.45) is 17.1 Å². The lowest BCUT2D eigenvalue weighted by molar-refractivity contribution is -0.143. The molecule has 0 saturated heterocycles. The molecule has 1 unspecified atom stereocenters. The van der Waals surface area contributed by atoms with E-state index >= 15 is 0 Å². The fourth-order valence-corrected chi connectivity index (χ4v) is 5.62. The topological polar surface area (TPSA) is 110 Å². The van der Waals surface area contributed by atoms with E-state index in [0.29, 0.717) is 24.4 Å². The molecule has 1 fully saturated rings. The first-order valence-electron chi connectivity index (χ1n) is 13.5. The largest absolute Gasteiger partial charge is 0.480 e. The number of fused-ring (bicyclic) bond motifs is 2. The fourth-order valence-electron chi connectivity index (χ4n) is 5.44. The van der Waals surface area contributed by atoms with E-state index in [2.05, 4.69) is 45.0 Å². The van der Waals surface area contributed by atoms with Gasteiger partial charge >= 0.3 is 5.97 Å². The first-order valence-corrected chi connectivity index (χ1v) is 13.9. The molecule has 3 N–H and O–H groups in total. The molecule has 3 aromatic carbocycles. The number of carbonyl (C=O) groups is 3. The van der Waals surface area contributed by atoms with E-state index in [4.69, 9.17) is 27.2 Å². The van der Waals surface area contributed by atoms with Crippen LogP contribution in [0.1, 0.15) is 64.2 Å². The molecule has 7 nitrogen and oxygen atoms in total. The summed E-state index contributed by atoms with van der Waals surface area (Å²) in [5, 5.41) is 11.6. The van der Waals surface area contributed by atoms with Crippen LogP contribution in [0.2, 0.25) is 5.02 Å². The minimum atomic E-state index is -1.16. The van der Waals surface area contributed by atoms with E-state index in [0.717, 1.165) is 27.6 Å². The molecule has 212 valence electrons. The molecular weight excluding hydrogens is 528 g/mol. The lowest BCUT2D eigenvalue weighted by Gasteiger charge is -2.30. The van der Waals surface area contributed by atoms with Crippen LogP contribution in [-0.4, -0.2) is 41.5 Å². The van der Waals surface area contributed by atoms with Gasteiger partial charge in [-0.25, -0.2) is 0 Å². The number of amides is 1. The zero-order valence-corrected chi connectivity index (χ0v) is 24.2. The number of halogens is 1. The van der Waals surface area contributed by atoms with Crippen molar-refractivity contribution in [1.29, 1.82) is 0 Å². The van der Waals surface area contributed by atoms with Gasteiger partial charge in [0.25, 0.3) is 5.91 Å². The van der Waals surface area contributed by atoms with Crippen molar-refractivity contribution in [2.75, 3.05) is 18.1 Å². The fraction of sp³-hybridized carbons (Fsp3) is 0.406. The van der Waals surface area contributed by atoms with Crippen molar-refractivity contribution in [2.45, 2.75) is 58.6 Å². The molecule has 40 heavy (non-hydrogen) atoms. The van der Waals surface area contributed by atoms with Crippen LogP contribution in [0, 0.1) is 11.3 Å². The van der Waals surface area contributed by atoms with Crippen molar-refractivity contribution in [1.82, 2.24) is 0 Å². The number of nitrogens with two attached hydrogens (primary N) is 1. The zero-order chi connectivity index (χ0) is 29.2. The molecule has 0 bridgehead atoms. The van der Waals surface area contributed by atoms with Crippen molar-refractivity contribution in [3.05, 3.63) is 76.8 Å². The second kappa shape index (κ2) is 11.7. The molecule has 1 heterocycles. The average Bonchev–Trinajstić information content (AvgIpc) is 3.26. The number of anilines is 1. The van der Waals surface area contributed by atoms with Crippen LogP contribution in [0.5, 0.6) is 0 Å². The van der Waals surface area contributed by atoms with Gasteiger partial charge in [-0.15, -0.1) is 0 Å². The van der Waals surface area contributed by atoms with Crippen LogP contribution in [0.4, 0.5) is 5.69 Å². The third kappa shape index (κ3) is 6.54. The minimum absolute atomic E-state index is 0.0266. The number of carboxylic acid groups (broad SMARTS) is 1. The van der Waals surface area contributed by atoms with Crippen LogP contribution >= 0.6 is 11.6 Å². The number of nitrogens with zero attached hydrogens (tertiary/aromatic N) is 1. The quantitative estimate of drug-likeness (QED) is 0.393. The Hall–Kier alpha value is -3.26. The molecular formula is C32H37ClN2O5. The van der Waals surface area contributed by atoms with Gasteiger partial charge in [0.05, 0.1) is 0 Å². The van der Waals surface area contributed by atoms with Crippen molar-refractivity contribution < 1.29 is 24.2 Å². The Balaban J connectivity index is 0.000000259. The first-order chi connectivity index (χ1) is 18.8. The van der Waals surface area contributed by atoms with Gasteiger partial charge < -0.3 is 20.5 Å². The Labute approximate surface area is 240 Å². The number of carboxylic acids is 1. The number of Topliss-reactive ketones (excluding diaryl/α,β-unsaturated/α-hetero) is 1. The molecule has 0 aromatic heterocycles. The molecule has 0 radical (unpaired) electrons. The van der Waals surface area contributed by atoms with E-state index in [-0.39, 0.29) is 42.2 Å². The molecule has 1 amide bonds. The summed E-state index contributed by atoms with van der Waals surface area (Å²) in [5.74, 6) is -1.12. The molecule has 5 rings (SSSR count). The maximum Gasteiger partial charge on any atom is 0.323 e. The van der Waals surface area contributed by atoms with Crippen LogP contribution in [0.3, 0.4) is 0 Å². The lowest BCUT2D eigenvalue weighted by Crippen LogP contribution is -2.45. The first kappa shape index (κ1) is 29.7. The number of ketones is 1. The van der Waals surface area contributed by atoms with Gasteiger partial charge in [-0.05, 0) is 66.1 Å². The van der Waals surface area contributed by atoms with E-state index in [1.807, 2.05) is 41.3 Å². The highest BCUT2D eigenvalue weighted by Gasteiger charge is 2.43. The highest BCUT2D eigenvalue weighted by atomic mass is 35.5. The third-order valence-corrected chi connectivity index (χ3v) is 7.76. The van der Waals surface area contributed by atoms with Crippen LogP contribution in [-0.2, 0) is 19.1 Å². The van der Waals surface area contributed by atoms with Gasteiger partial charge in [0, 0.05) is 28.7 Å². The number of carbonyl (C=O) groups excluding carboxylic acids is 2. The van der Waals surface area contributed by atoms with Gasteiger partial charge in [-0.3, -0.25) is 14.4 Å². The normalized spacial score (nSPS) is 22.8. The molecule has 8 heteroatoms. The number of rotatable bonds is 4. The molecule has 0 spiro atoms. The lowest BCUT2D eigenvalue weighted by atomic mass is 9.93. The zero-order valence-electron chi connectivity index (χ0n) is 23.4. The maximum atomic E-state index is 12.9. The molecule has 3 aromatic rings. The standard InChI is InChI=1S/C24H24ClNO2.C8H13NO3/c1-24(2,3)15-26-21-12-11-17(25)13-20(21)23(28-14-22(26)27)19-10-6-8-16-7-4-5-9-18(16)19;1-5(10)6-2-3-8(9,4-6)7(11)12/h4-13,23H,14-15H2,1-3H3;6H,2-4,9H2,1H3,(H,11,12)/t;6-,8+/m.1/s1. The number of ether oxygens (including phenoxy) is 1. The molecule has 1 aliphatic heterocycles. The Morgan fingerprint density at radius 1 is 1.10 bits per heavy atom. The number of aliphatic carboxylic acids is 1. The summed E-state index contributed by atoms with van der Waals surface area (Å²) in [6.07, 6.45) is 0.955. The van der Waals surface area contributed by atoms with E-state index in [1.165, 1.54) is 6.92 Å². The van der Waals surface area contributed by atoms with E-state index in [9.17, 15) is 14.4 Å². The Kier molecular flexibility index (Phi) is 8.69. The Morgan fingerprint density at radius 3 is 2.42 bits per heavy atom. The second-order valence-electron chi connectivity index (χ2n) is 12.0. The maximum absolute atomic E-state index is 12.9. The number of benzene rings is 3. The highest BCUT2D eigenvalue weighted by molar-refractivity contribution is 6.30. The van der Waals surface area contributed by atoms with Crippen LogP contribution in [0.15, 0.2) is 60.7 Å². The Morgan fingerprint density at radius 2 is 1.80 bits per heavy atom. The van der Waals surface area contributed by atoms with Gasteiger partial charge in [0.1, 0.15) is 24.0 Å². The summed E-state index contributed by atoms with van der Waals surface area (Å²) in [6, 6.07) is 20.1. The smallest absolute Gasteiger partial charge is 0.323 e. The highest BCUT2D eigenvalue weighted by Crippen LogP contribution is 2.41. The summed E-state index contributed by atoms with van der Waals surface area (Å²) in [5.41, 5.74) is 7.24.